The standard InChI is InChI=1S/C18H22N4O4/c23-17(24)16-12-21(20-19-16)11-9-15-8-4-5-10-22(15)18(25)26-13-14-6-2-1-3-7-14/h1-3,6-7,12,15H,4-5,8-11,13H2,(H,23,24). The molecule has 0 aliphatic carbocycles. The van der Waals surface area contributed by atoms with E-state index in [0.717, 1.165) is 24.8 Å². The highest BCUT2D eigenvalue weighted by Gasteiger charge is 2.27. The van der Waals surface area contributed by atoms with E-state index in [2.05, 4.69) is 10.3 Å². The molecule has 1 N–H and O–H groups in total. The van der Waals surface area contributed by atoms with Gasteiger partial charge in [-0.25, -0.2) is 9.59 Å². The summed E-state index contributed by atoms with van der Waals surface area (Å²) in [5.41, 5.74) is 0.881. The number of aryl methyl sites for hydroxylation is 1. The quantitative estimate of drug-likeness (QED) is 0.852. The first-order valence-corrected chi connectivity index (χ1v) is 8.74. The Morgan fingerprint density at radius 3 is 2.77 bits per heavy atom. The molecule has 1 aromatic heterocycles. The number of aromatic nitrogens is 3. The molecule has 3 rings (SSSR count). The van der Waals surface area contributed by atoms with Crippen LogP contribution in [0.5, 0.6) is 0 Å². The molecule has 0 bridgehead atoms. The monoisotopic (exact) mass is 358 g/mol. The number of ether oxygens (including phenoxy) is 1. The van der Waals surface area contributed by atoms with E-state index < -0.39 is 5.97 Å². The lowest BCUT2D eigenvalue weighted by molar-refractivity contribution is 0.0645. The molecule has 1 saturated heterocycles. The van der Waals surface area contributed by atoms with E-state index >= 15 is 0 Å². The number of amides is 1. The molecule has 1 unspecified atom stereocenters. The zero-order chi connectivity index (χ0) is 18.4. The van der Waals surface area contributed by atoms with E-state index in [1.54, 1.807) is 4.90 Å². The summed E-state index contributed by atoms with van der Waals surface area (Å²) >= 11 is 0. The van der Waals surface area contributed by atoms with E-state index in [9.17, 15) is 9.59 Å². The van der Waals surface area contributed by atoms with Gasteiger partial charge in [-0.3, -0.25) is 4.68 Å². The van der Waals surface area contributed by atoms with Crippen molar-refractivity contribution in [3.8, 4) is 0 Å². The number of carboxylic acid groups (broad SMARTS) is 1. The summed E-state index contributed by atoms with van der Waals surface area (Å²) in [5, 5.41) is 16.3. The van der Waals surface area contributed by atoms with Gasteiger partial charge in [-0.1, -0.05) is 35.5 Å². The van der Waals surface area contributed by atoms with Gasteiger partial charge in [0.05, 0.1) is 6.20 Å². The van der Waals surface area contributed by atoms with Crippen molar-refractivity contribution in [2.45, 2.75) is 44.9 Å². The Labute approximate surface area is 151 Å². The number of piperidine rings is 1. The van der Waals surface area contributed by atoms with Crippen LogP contribution >= 0.6 is 0 Å². The Balaban J connectivity index is 1.54. The second kappa shape index (κ2) is 8.46. The molecule has 26 heavy (non-hydrogen) atoms. The van der Waals surface area contributed by atoms with Crippen LogP contribution in [0.1, 0.15) is 41.7 Å². The summed E-state index contributed by atoms with van der Waals surface area (Å²) in [7, 11) is 0. The molecule has 0 spiro atoms. The number of aromatic carboxylic acids is 1. The molecule has 1 atom stereocenters. The largest absolute Gasteiger partial charge is 0.476 e. The van der Waals surface area contributed by atoms with Gasteiger partial charge in [0, 0.05) is 19.1 Å². The summed E-state index contributed by atoms with van der Waals surface area (Å²) < 4.78 is 6.97. The van der Waals surface area contributed by atoms with E-state index in [0.29, 0.717) is 19.5 Å². The second-order valence-corrected chi connectivity index (χ2v) is 6.34. The normalized spacial score (nSPS) is 17.1. The predicted molar refractivity (Wildman–Crippen MR) is 92.6 cm³/mol. The second-order valence-electron chi connectivity index (χ2n) is 6.34. The number of carbonyl (C=O) groups is 2. The third kappa shape index (κ3) is 4.59. The minimum Gasteiger partial charge on any atom is -0.476 e. The molecule has 1 aliphatic rings. The number of hydrogen-bond donors (Lipinski definition) is 1. The first-order chi connectivity index (χ1) is 12.6. The van der Waals surface area contributed by atoms with Crippen molar-refractivity contribution in [1.82, 2.24) is 19.9 Å². The van der Waals surface area contributed by atoms with Gasteiger partial charge in [0.2, 0.25) is 0 Å². The van der Waals surface area contributed by atoms with Gasteiger partial charge in [-0.05, 0) is 31.2 Å². The van der Waals surface area contributed by atoms with Crippen LogP contribution in [-0.4, -0.2) is 49.6 Å². The number of nitrogens with zero attached hydrogens (tertiary/aromatic N) is 4. The number of carbonyl (C=O) groups excluding carboxylic acids is 1. The predicted octanol–water partition coefficient (Wildman–Crippen LogP) is 2.56. The van der Waals surface area contributed by atoms with E-state index in [1.807, 2.05) is 30.3 Å². The Kier molecular flexibility index (Phi) is 5.83. The molecule has 0 saturated carbocycles. The van der Waals surface area contributed by atoms with Crippen molar-refractivity contribution >= 4 is 12.1 Å². The first-order valence-electron chi connectivity index (χ1n) is 8.74. The maximum atomic E-state index is 12.5. The fourth-order valence-corrected chi connectivity index (χ4v) is 3.13. The molecular formula is C18H22N4O4. The molecule has 1 fully saturated rings. The Morgan fingerprint density at radius 1 is 1.23 bits per heavy atom. The third-order valence-corrected chi connectivity index (χ3v) is 4.52. The number of hydrogen-bond acceptors (Lipinski definition) is 5. The maximum absolute atomic E-state index is 12.5. The molecule has 8 heteroatoms. The molecule has 2 heterocycles. The average Bonchev–Trinajstić information content (AvgIpc) is 3.15. The molecule has 1 amide bonds. The average molecular weight is 358 g/mol. The van der Waals surface area contributed by atoms with Gasteiger partial charge in [-0.15, -0.1) is 5.10 Å². The van der Waals surface area contributed by atoms with Crippen molar-refractivity contribution < 1.29 is 19.4 Å². The van der Waals surface area contributed by atoms with Crippen molar-refractivity contribution in [2.24, 2.45) is 0 Å². The SMILES string of the molecule is O=C(O)c1cn(CCC2CCCCN2C(=O)OCc2ccccc2)nn1. The van der Waals surface area contributed by atoms with Gasteiger partial charge in [0.25, 0.3) is 0 Å². The lowest BCUT2D eigenvalue weighted by Crippen LogP contribution is -2.44. The Bertz CT molecular complexity index is 747. The highest BCUT2D eigenvalue weighted by molar-refractivity contribution is 5.84. The van der Waals surface area contributed by atoms with E-state index in [1.165, 1.54) is 10.9 Å². The lowest BCUT2D eigenvalue weighted by atomic mass is 10.00. The number of likely N-dealkylation sites (tertiary alicyclic amines) is 1. The summed E-state index contributed by atoms with van der Waals surface area (Å²) in [6.45, 7) is 1.44. The minimum absolute atomic E-state index is 0.0597. The highest BCUT2D eigenvalue weighted by Crippen LogP contribution is 2.21. The Hall–Kier alpha value is -2.90. The maximum Gasteiger partial charge on any atom is 0.410 e. The van der Waals surface area contributed by atoms with Crippen LogP contribution in [0.2, 0.25) is 0 Å². The first kappa shape index (κ1) is 17.9. The topological polar surface area (TPSA) is 97.5 Å². The molecular weight excluding hydrogens is 336 g/mol. The van der Waals surface area contributed by atoms with E-state index in [-0.39, 0.29) is 24.4 Å². The van der Waals surface area contributed by atoms with Gasteiger partial charge in [0.1, 0.15) is 6.61 Å². The molecule has 138 valence electrons. The van der Waals surface area contributed by atoms with Gasteiger partial charge < -0.3 is 14.7 Å². The van der Waals surface area contributed by atoms with Crippen molar-refractivity contribution in [1.29, 1.82) is 0 Å². The molecule has 8 nitrogen and oxygen atoms in total. The highest BCUT2D eigenvalue weighted by atomic mass is 16.6. The lowest BCUT2D eigenvalue weighted by Gasteiger charge is -2.34. The van der Waals surface area contributed by atoms with E-state index in [4.69, 9.17) is 9.84 Å². The van der Waals surface area contributed by atoms with Crippen molar-refractivity contribution in [2.75, 3.05) is 6.54 Å². The summed E-state index contributed by atoms with van der Waals surface area (Å²) in [6.07, 6.45) is 4.71. The van der Waals surface area contributed by atoms with Crippen LogP contribution in [0.15, 0.2) is 36.5 Å². The van der Waals surface area contributed by atoms with Crippen LogP contribution in [0.4, 0.5) is 4.79 Å². The number of benzene rings is 1. The Morgan fingerprint density at radius 2 is 2.04 bits per heavy atom. The van der Waals surface area contributed by atoms with Crippen LogP contribution < -0.4 is 0 Å². The number of carboxylic acids is 1. The zero-order valence-electron chi connectivity index (χ0n) is 14.5. The molecule has 1 aromatic carbocycles. The van der Waals surface area contributed by atoms with Crippen molar-refractivity contribution in [3.63, 3.8) is 0 Å². The molecule has 0 radical (unpaired) electrons. The van der Waals surface area contributed by atoms with Crippen LogP contribution in [0.3, 0.4) is 0 Å². The molecule has 1 aliphatic heterocycles. The smallest absolute Gasteiger partial charge is 0.410 e. The molecule has 2 aromatic rings. The van der Waals surface area contributed by atoms with Gasteiger partial charge >= 0.3 is 12.1 Å². The van der Waals surface area contributed by atoms with Crippen LogP contribution in [0, 0.1) is 0 Å². The fourth-order valence-electron chi connectivity index (χ4n) is 3.13. The minimum atomic E-state index is -1.10. The summed E-state index contributed by atoms with van der Waals surface area (Å²) in [4.78, 5) is 25.1. The van der Waals surface area contributed by atoms with Crippen molar-refractivity contribution in [3.05, 3.63) is 47.8 Å². The summed E-state index contributed by atoms with van der Waals surface area (Å²) in [6, 6.07) is 9.65. The summed E-state index contributed by atoms with van der Waals surface area (Å²) in [5.74, 6) is -1.10. The number of rotatable bonds is 6. The zero-order valence-corrected chi connectivity index (χ0v) is 14.5. The fraction of sp³-hybridized carbons (Fsp3) is 0.444. The third-order valence-electron chi connectivity index (χ3n) is 4.52. The van der Waals surface area contributed by atoms with Crippen LogP contribution in [-0.2, 0) is 17.9 Å². The van der Waals surface area contributed by atoms with Gasteiger partial charge in [-0.2, -0.15) is 0 Å². The van der Waals surface area contributed by atoms with Gasteiger partial charge in [0.15, 0.2) is 5.69 Å². The van der Waals surface area contributed by atoms with Crippen LogP contribution in [0.25, 0.3) is 0 Å².